The summed E-state index contributed by atoms with van der Waals surface area (Å²) in [6.45, 7) is 1.92. The van der Waals surface area contributed by atoms with E-state index in [4.69, 9.17) is 12.2 Å². The molecule has 1 amide bonds. The Morgan fingerprint density at radius 3 is 2.78 bits per heavy atom. The molecule has 2 aromatic carbocycles. The standard InChI is InChI=1S/C25H20N6O/c1-3-16-11-7-12-18-19(16)20(17-9-5-4-6-10-17)22(29-18)15(2)28-25(32)21-23(26)30-31-14-8-13-27-24(21)31/h1,4-15,29H,2H3,(H2,26,30)(H,28,32). The maximum Gasteiger partial charge on any atom is 0.259 e. The number of carbonyl (C=O) groups excluding carboxylic acids is 1. The van der Waals surface area contributed by atoms with Gasteiger partial charge in [0.05, 0.1) is 6.04 Å². The topological polar surface area (TPSA) is 101 Å². The van der Waals surface area contributed by atoms with E-state index in [0.29, 0.717) is 5.65 Å². The van der Waals surface area contributed by atoms with Crippen molar-refractivity contribution in [2.45, 2.75) is 13.0 Å². The number of terminal acetylenes is 1. The lowest BCUT2D eigenvalue weighted by Crippen LogP contribution is -2.28. The van der Waals surface area contributed by atoms with Gasteiger partial charge in [0.2, 0.25) is 0 Å². The number of nitrogen functional groups attached to an aromatic ring is 1. The van der Waals surface area contributed by atoms with Crippen molar-refractivity contribution in [3.05, 3.63) is 83.8 Å². The number of fused-ring (bicyclic) bond motifs is 2. The van der Waals surface area contributed by atoms with E-state index in [2.05, 4.69) is 26.3 Å². The molecule has 0 aliphatic carbocycles. The first-order valence-corrected chi connectivity index (χ1v) is 10.1. The van der Waals surface area contributed by atoms with Gasteiger partial charge in [0.1, 0.15) is 5.56 Å². The molecular formula is C25H20N6O. The molecule has 156 valence electrons. The molecule has 4 N–H and O–H groups in total. The van der Waals surface area contributed by atoms with Crippen molar-refractivity contribution in [1.29, 1.82) is 0 Å². The first-order valence-electron chi connectivity index (χ1n) is 10.1. The Kier molecular flexibility index (Phi) is 4.61. The first kappa shape index (κ1) is 19.4. The van der Waals surface area contributed by atoms with Crippen LogP contribution in [-0.4, -0.2) is 25.5 Å². The quantitative estimate of drug-likeness (QED) is 0.384. The molecule has 0 aliphatic rings. The number of H-pyrrole nitrogens is 1. The van der Waals surface area contributed by atoms with Crippen molar-refractivity contribution in [2.75, 3.05) is 5.73 Å². The van der Waals surface area contributed by atoms with Gasteiger partial charge in [-0.2, -0.15) is 0 Å². The Balaban J connectivity index is 1.61. The number of nitrogens with one attached hydrogen (secondary N) is 2. The molecule has 3 heterocycles. The van der Waals surface area contributed by atoms with E-state index in [9.17, 15) is 4.79 Å². The van der Waals surface area contributed by atoms with Crippen LogP contribution in [0.15, 0.2) is 67.0 Å². The van der Waals surface area contributed by atoms with Crippen LogP contribution in [0, 0.1) is 12.3 Å². The summed E-state index contributed by atoms with van der Waals surface area (Å²) in [5.74, 6) is 2.56. The third-order valence-electron chi connectivity index (χ3n) is 5.50. The summed E-state index contributed by atoms with van der Waals surface area (Å²) >= 11 is 0. The van der Waals surface area contributed by atoms with Crippen LogP contribution in [0.5, 0.6) is 0 Å². The van der Waals surface area contributed by atoms with Gasteiger partial charge in [-0.15, -0.1) is 11.5 Å². The van der Waals surface area contributed by atoms with Crippen LogP contribution in [0.2, 0.25) is 0 Å². The summed E-state index contributed by atoms with van der Waals surface area (Å²) in [6.07, 6.45) is 9.10. The zero-order valence-electron chi connectivity index (χ0n) is 17.3. The second-order valence-electron chi connectivity index (χ2n) is 7.50. The predicted molar refractivity (Wildman–Crippen MR) is 125 cm³/mol. The molecule has 0 radical (unpaired) electrons. The molecule has 0 saturated heterocycles. The van der Waals surface area contributed by atoms with Crippen LogP contribution in [0.25, 0.3) is 27.7 Å². The van der Waals surface area contributed by atoms with E-state index in [1.54, 1.807) is 18.5 Å². The van der Waals surface area contributed by atoms with Crippen LogP contribution < -0.4 is 11.1 Å². The molecule has 32 heavy (non-hydrogen) atoms. The van der Waals surface area contributed by atoms with E-state index in [0.717, 1.165) is 33.3 Å². The molecule has 0 bridgehead atoms. The van der Waals surface area contributed by atoms with E-state index in [-0.39, 0.29) is 23.3 Å². The highest BCUT2D eigenvalue weighted by Gasteiger charge is 2.24. The summed E-state index contributed by atoms with van der Waals surface area (Å²) in [5.41, 5.74) is 11.2. The molecule has 0 fully saturated rings. The minimum Gasteiger partial charge on any atom is -0.381 e. The molecule has 7 nitrogen and oxygen atoms in total. The van der Waals surface area contributed by atoms with E-state index >= 15 is 0 Å². The average Bonchev–Trinajstić information content (AvgIpc) is 3.36. The van der Waals surface area contributed by atoms with Crippen LogP contribution in [0.1, 0.15) is 34.6 Å². The van der Waals surface area contributed by atoms with Gasteiger partial charge in [0.25, 0.3) is 5.91 Å². The number of aromatic nitrogens is 4. The highest BCUT2D eigenvalue weighted by molar-refractivity contribution is 6.05. The Bertz CT molecular complexity index is 1510. The number of benzene rings is 2. The van der Waals surface area contributed by atoms with Gasteiger partial charge in [-0.3, -0.25) is 4.79 Å². The average molecular weight is 420 g/mol. The van der Waals surface area contributed by atoms with E-state index in [1.807, 2.05) is 55.5 Å². The smallest absolute Gasteiger partial charge is 0.259 e. The number of hydrogen-bond acceptors (Lipinski definition) is 4. The summed E-state index contributed by atoms with van der Waals surface area (Å²) in [5, 5.41) is 8.18. The van der Waals surface area contributed by atoms with Gasteiger partial charge in [-0.25, -0.2) is 9.50 Å². The largest absolute Gasteiger partial charge is 0.381 e. The molecular weight excluding hydrogens is 400 g/mol. The van der Waals surface area contributed by atoms with Crippen LogP contribution in [0.3, 0.4) is 0 Å². The van der Waals surface area contributed by atoms with Crippen molar-refractivity contribution in [2.24, 2.45) is 0 Å². The molecule has 5 aromatic rings. The van der Waals surface area contributed by atoms with Crippen molar-refractivity contribution in [3.8, 4) is 23.5 Å². The first-order chi connectivity index (χ1) is 15.6. The number of anilines is 1. The minimum absolute atomic E-state index is 0.128. The molecule has 0 saturated carbocycles. The summed E-state index contributed by atoms with van der Waals surface area (Å²) in [7, 11) is 0. The fraction of sp³-hybridized carbons (Fsp3) is 0.0800. The lowest BCUT2D eigenvalue weighted by Gasteiger charge is -2.15. The van der Waals surface area contributed by atoms with Gasteiger partial charge in [0.15, 0.2) is 11.5 Å². The second kappa shape index (κ2) is 7.60. The zero-order valence-corrected chi connectivity index (χ0v) is 17.3. The van der Waals surface area contributed by atoms with E-state index in [1.165, 1.54) is 4.52 Å². The molecule has 1 unspecified atom stereocenters. The SMILES string of the molecule is C#Cc1cccc2[nH]c(C(C)NC(=O)c3c(N)nn4cccnc34)c(-c3ccccc3)c12. The third kappa shape index (κ3) is 3.06. The fourth-order valence-corrected chi connectivity index (χ4v) is 4.08. The van der Waals surface area contributed by atoms with Gasteiger partial charge in [-0.05, 0) is 30.7 Å². The number of carbonyl (C=O) groups is 1. The summed E-state index contributed by atoms with van der Waals surface area (Å²) < 4.78 is 1.49. The maximum absolute atomic E-state index is 13.2. The summed E-state index contributed by atoms with van der Waals surface area (Å²) in [4.78, 5) is 20.9. The maximum atomic E-state index is 13.2. The Morgan fingerprint density at radius 2 is 2.00 bits per heavy atom. The Morgan fingerprint density at radius 1 is 1.19 bits per heavy atom. The van der Waals surface area contributed by atoms with Crippen molar-refractivity contribution in [1.82, 2.24) is 24.9 Å². The van der Waals surface area contributed by atoms with Crippen LogP contribution in [-0.2, 0) is 0 Å². The number of rotatable bonds is 4. The molecule has 7 heteroatoms. The normalized spacial score (nSPS) is 12.0. The lowest BCUT2D eigenvalue weighted by molar-refractivity contribution is 0.0941. The molecule has 1 atom stereocenters. The number of aromatic amines is 1. The van der Waals surface area contributed by atoms with Gasteiger partial charge < -0.3 is 16.0 Å². The van der Waals surface area contributed by atoms with Gasteiger partial charge in [-0.1, -0.05) is 42.3 Å². The fourth-order valence-electron chi connectivity index (χ4n) is 4.08. The lowest BCUT2D eigenvalue weighted by atomic mass is 9.96. The minimum atomic E-state index is -0.367. The van der Waals surface area contributed by atoms with Gasteiger partial charge >= 0.3 is 0 Å². The summed E-state index contributed by atoms with van der Waals surface area (Å²) in [6, 6.07) is 17.2. The monoisotopic (exact) mass is 420 g/mol. The van der Waals surface area contributed by atoms with Crippen molar-refractivity contribution >= 4 is 28.3 Å². The second-order valence-corrected chi connectivity index (χ2v) is 7.50. The number of hydrogen-bond donors (Lipinski definition) is 3. The number of nitrogens with zero attached hydrogens (tertiary/aromatic N) is 3. The molecule has 5 rings (SSSR count). The Labute approximate surface area is 184 Å². The number of nitrogens with two attached hydrogens (primary N) is 1. The zero-order chi connectivity index (χ0) is 22.2. The molecule has 0 aliphatic heterocycles. The van der Waals surface area contributed by atoms with Crippen molar-refractivity contribution in [3.63, 3.8) is 0 Å². The van der Waals surface area contributed by atoms with Crippen LogP contribution in [0.4, 0.5) is 5.82 Å². The highest BCUT2D eigenvalue weighted by Crippen LogP contribution is 2.37. The number of amides is 1. The van der Waals surface area contributed by atoms with E-state index < -0.39 is 0 Å². The molecule has 0 spiro atoms. The van der Waals surface area contributed by atoms with Crippen molar-refractivity contribution < 1.29 is 4.79 Å². The predicted octanol–water partition coefficient (Wildman–Crippen LogP) is 3.93. The highest BCUT2D eigenvalue weighted by atomic mass is 16.1. The van der Waals surface area contributed by atoms with Crippen LogP contribution >= 0.6 is 0 Å². The molecule has 3 aromatic heterocycles. The van der Waals surface area contributed by atoms with Gasteiger partial charge in [0, 0.05) is 40.1 Å². The Hall–Kier alpha value is -4.57. The third-order valence-corrected chi connectivity index (χ3v) is 5.50.